The number of benzene rings is 4. The summed E-state index contributed by atoms with van der Waals surface area (Å²) in [5.41, 5.74) is 4.66. The maximum absolute atomic E-state index is 14.6. The van der Waals surface area contributed by atoms with Gasteiger partial charge in [0.2, 0.25) is 11.8 Å². The molecule has 0 radical (unpaired) electrons. The summed E-state index contributed by atoms with van der Waals surface area (Å²) in [5, 5.41) is 3.39. The van der Waals surface area contributed by atoms with Crippen LogP contribution in [0.5, 0.6) is 0 Å². The van der Waals surface area contributed by atoms with Crippen LogP contribution in [0.25, 0.3) is 0 Å². The Bertz CT molecular complexity index is 1740. The Morgan fingerprint density at radius 3 is 2.17 bits per heavy atom. The summed E-state index contributed by atoms with van der Waals surface area (Å²) in [6.45, 7) is 7.77. The molecule has 0 aliphatic carbocycles. The van der Waals surface area contributed by atoms with Gasteiger partial charge in [-0.3, -0.25) is 13.9 Å². The fraction of sp³-hybridized carbons (Fsp3) is 0.297. The van der Waals surface area contributed by atoms with Crippen LogP contribution >= 0.6 is 11.6 Å². The van der Waals surface area contributed by atoms with Crippen LogP contribution in [0.15, 0.2) is 102 Å². The summed E-state index contributed by atoms with van der Waals surface area (Å²) < 4.78 is 29.5. The standard InChI is InChI=1S/C37H42ClN3O4S/c1-5-6-21-39-37(43)35(23-30-12-8-7-9-13-30)40(25-31-14-10-11-28(3)22-31)36(42)26-41(32-18-17-29(4)34(38)24-32)46(44,45)33-19-15-27(2)16-20-33/h7-20,22,24,35H,5-6,21,23,25-26H2,1-4H3,(H,39,43)/t35-/m0/s1. The van der Waals surface area contributed by atoms with Gasteiger partial charge in [-0.15, -0.1) is 0 Å². The van der Waals surface area contributed by atoms with Gasteiger partial charge in [-0.2, -0.15) is 0 Å². The van der Waals surface area contributed by atoms with Gasteiger partial charge < -0.3 is 10.2 Å². The number of nitrogens with one attached hydrogen (secondary N) is 1. The first-order valence-electron chi connectivity index (χ1n) is 15.5. The maximum Gasteiger partial charge on any atom is 0.264 e. The van der Waals surface area contributed by atoms with Crippen LogP contribution in [0.2, 0.25) is 5.02 Å². The molecule has 1 N–H and O–H groups in total. The lowest BCUT2D eigenvalue weighted by Crippen LogP contribution is -2.53. The summed E-state index contributed by atoms with van der Waals surface area (Å²) in [5.74, 6) is -0.801. The van der Waals surface area contributed by atoms with Crippen molar-refractivity contribution in [3.63, 3.8) is 0 Å². The second-order valence-electron chi connectivity index (χ2n) is 11.6. The topological polar surface area (TPSA) is 86.8 Å². The first-order valence-corrected chi connectivity index (χ1v) is 17.3. The minimum Gasteiger partial charge on any atom is -0.354 e. The van der Waals surface area contributed by atoms with E-state index in [9.17, 15) is 18.0 Å². The first-order chi connectivity index (χ1) is 22.0. The maximum atomic E-state index is 14.6. The average molecular weight is 660 g/mol. The van der Waals surface area contributed by atoms with Crippen molar-refractivity contribution in [1.29, 1.82) is 0 Å². The summed E-state index contributed by atoms with van der Waals surface area (Å²) in [7, 11) is -4.20. The number of nitrogens with zero attached hydrogens (tertiary/aromatic N) is 2. The molecule has 0 spiro atoms. The molecule has 4 aromatic rings. The zero-order valence-electron chi connectivity index (χ0n) is 26.9. The Morgan fingerprint density at radius 2 is 1.52 bits per heavy atom. The highest BCUT2D eigenvalue weighted by Crippen LogP contribution is 2.29. The lowest BCUT2D eigenvalue weighted by atomic mass is 10.0. The zero-order chi connectivity index (χ0) is 33.3. The number of hydrogen-bond donors (Lipinski definition) is 1. The smallest absolute Gasteiger partial charge is 0.264 e. The van der Waals surface area contributed by atoms with E-state index >= 15 is 0 Å². The van der Waals surface area contributed by atoms with E-state index in [4.69, 9.17) is 11.6 Å². The van der Waals surface area contributed by atoms with Crippen molar-refractivity contribution in [2.24, 2.45) is 0 Å². The van der Waals surface area contributed by atoms with E-state index in [0.29, 0.717) is 11.6 Å². The van der Waals surface area contributed by atoms with Gasteiger partial charge in [0.1, 0.15) is 12.6 Å². The van der Waals surface area contributed by atoms with E-state index < -0.39 is 28.5 Å². The summed E-state index contributed by atoms with van der Waals surface area (Å²) in [6.07, 6.45) is 1.96. The highest BCUT2D eigenvalue weighted by molar-refractivity contribution is 7.92. The molecule has 7 nitrogen and oxygen atoms in total. The van der Waals surface area contributed by atoms with Crippen molar-refractivity contribution in [3.8, 4) is 0 Å². The molecule has 0 aromatic heterocycles. The lowest BCUT2D eigenvalue weighted by molar-refractivity contribution is -0.140. The minimum absolute atomic E-state index is 0.0472. The highest BCUT2D eigenvalue weighted by atomic mass is 35.5. The Hall–Kier alpha value is -4.14. The zero-order valence-corrected chi connectivity index (χ0v) is 28.4. The molecule has 4 aromatic carbocycles. The summed E-state index contributed by atoms with van der Waals surface area (Å²) in [4.78, 5) is 30.0. The molecule has 0 unspecified atom stereocenters. The van der Waals surface area contributed by atoms with E-state index in [-0.39, 0.29) is 29.5 Å². The molecule has 0 aliphatic rings. The van der Waals surface area contributed by atoms with Crippen LogP contribution < -0.4 is 9.62 Å². The third-order valence-corrected chi connectivity index (χ3v) is 10.1. The van der Waals surface area contributed by atoms with Gasteiger partial charge in [-0.05, 0) is 68.1 Å². The van der Waals surface area contributed by atoms with Gasteiger partial charge in [0.25, 0.3) is 10.0 Å². The Balaban J connectivity index is 1.81. The number of sulfonamides is 1. The molecule has 0 saturated heterocycles. The molecular formula is C37H42ClN3O4S. The molecule has 0 aliphatic heterocycles. The minimum atomic E-state index is -4.20. The number of rotatable bonds is 14. The SMILES string of the molecule is CCCCNC(=O)[C@H](Cc1ccccc1)N(Cc1cccc(C)c1)C(=O)CN(c1ccc(C)c(Cl)c1)S(=O)(=O)c1ccc(C)cc1. The second-order valence-corrected chi connectivity index (χ2v) is 13.9. The average Bonchev–Trinajstić information content (AvgIpc) is 3.03. The van der Waals surface area contributed by atoms with Crippen molar-refractivity contribution in [2.75, 3.05) is 17.4 Å². The molecule has 0 heterocycles. The quantitative estimate of drug-likeness (QED) is 0.148. The molecule has 242 valence electrons. The highest BCUT2D eigenvalue weighted by Gasteiger charge is 2.34. The van der Waals surface area contributed by atoms with Crippen molar-refractivity contribution < 1.29 is 18.0 Å². The van der Waals surface area contributed by atoms with Crippen LogP contribution in [0.4, 0.5) is 5.69 Å². The molecule has 9 heteroatoms. The summed E-state index contributed by atoms with van der Waals surface area (Å²) >= 11 is 6.47. The van der Waals surface area contributed by atoms with Gasteiger partial charge in [-0.1, -0.05) is 109 Å². The van der Waals surface area contributed by atoms with Crippen LogP contribution in [0.3, 0.4) is 0 Å². The predicted molar refractivity (Wildman–Crippen MR) is 185 cm³/mol. The van der Waals surface area contributed by atoms with Gasteiger partial charge in [-0.25, -0.2) is 8.42 Å². The molecule has 4 rings (SSSR count). The Morgan fingerprint density at radius 1 is 0.826 bits per heavy atom. The lowest BCUT2D eigenvalue weighted by Gasteiger charge is -2.34. The molecule has 2 amide bonds. The van der Waals surface area contributed by atoms with Crippen LogP contribution in [0.1, 0.15) is 47.6 Å². The number of carbonyl (C=O) groups is 2. The Labute approximate surface area is 278 Å². The predicted octanol–water partition coefficient (Wildman–Crippen LogP) is 7.02. The normalized spacial score (nSPS) is 11.9. The number of hydrogen-bond acceptors (Lipinski definition) is 4. The number of carbonyl (C=O) groups excluding carboxylic acids is 2. The van der Waals surface area contributed by atoms with Gasteiger partial charge in [0.15, 0.2) is 0 Å². The van der Waals surface area contributed by atoms with E-state index in [1.54, 1.807) is 30.3 Å². The van der Waals surface area contributed by atoms with Crippen molar-refractivity contribution in [1.82, 2.24) is 10.2 Å². The largest absolute Gasteiger partial charge is 0.354 e. The number of anilines is 1. The van der Waals surface area contributed by atoms with E-state index in [1.165, 1.54) is 17.0 Å². The van der Waals surface area contributed by atoms with Crippen LogP contribution in [0, 0.1) is 20.8 Å². The fourth-order valence-corrected chi connectivity index (χ4v) is 6.75. The monoisotopic (exact) mass is 659 g/mol. The van der Waals surface area contributed by atoms with Crippen molar-refractivity contribution >= 4 is 39.1 Å². The molecule has 1 atom stereocenters. The van der Waals surface area contributed by atoms with E-state index in [0.717, 1.165) is 45.0 Å². The van der Waals surface area contributed by atoms with Crippen LogP contribution in [-0.4, -0.2) is 44.3 Å². The number of unbranched alkanes of at least 4 members (excludes halogenated alkanes) is 1. The van der Waals surface area contributed by atoms with Crippen molar-refractivity contribution in [2.45, 2.75) is 64.4 Å². The Kier molecular flexibility index (Phi) is 12.0. The third-order valence-electron chi connectivity index (χ3n) is 7.87. The number of halogens is 1. The molecule has 46 heavy (non-hydrogen) atoms. The second kappa shape index (κ2) is 15.9. The van der Waals surface area contributed by atoms with Crippen LogP contribution in [-0.2, 0) is 32.6 Å². The van der Waals surface area contributed by atoms with Crippen molar-refractivity contribution in [3.05, 3.63) is 130 Å². The first kappa shape index (κ1) is 34.7. The molecule has 0 fully saturated rings. The van der Waals surface area contributed by atoms with E-state index in [1.807, 2.05) is 82.3 Å². The van der Waals surface area contributed by atoms with Gasteiger partial charge in [0.05, 0.1) is 10.6 Å². The number of aryl methyl sites for hydroxylation is 3. The third kappa shape index (κ3) is 8.98. The van der Waals surface area contributed by atoms with Gasteiger partial charge in [0, 0.05) is 24.5 Å². The van der Waals surface area contributed by atoms with Gasteiger partial charge >= 0.3 is 0 Å². The number of amides is 2. The fourth-order valence-electron chi connectivity index (χ4n) is 5.17. The molecule has 0 saturated carbocycles. The van der Waals surface area contributed by atoms with E-state index in [2.05, 4.69) is 5.32 Å². The molecule has 0 bridgehead atoms. The summed E-state index contributed by atoms with van der Waals surface area (Å²) in [6, 6.07) is 27.8. The molecular weight excluding hydrogens is 618 g/mol.